The van der Waals surface area contributed by atoms with Crippen LogP contribution in [-0.4, -0.2) is 37.9 Å². The van der Waals surface area contributed by atoms with Gasteiger partial charge in [0.2, 0.25) is 0 Å². The second kappa shape index (κ2) is 10.9. The quantitative estimate of drug-likeness (QED) is 0.404. The average molecular weight is 415 g/mol. The van der Waals surface area contributed by atoms with Crippen molar-refractivity contribution in [2.75, 3.05) is 14.2 Å². The minimum absolute atomic E-state index is 0.000634. The lowest BCUT2D eigenvalue weighted by molar-refractivity contribution is -0.144. The molecule has 158 valence electrons. The van der Waals surface area contributed by atoms with Crippen molar-refractivity contribution in [1.29, 1.82) is 0 Å². The van der Waals surface area contributed by atoms with Gasteiger partial charge in [-0.2, -0.15) is 0 Å². The molecule has 5 nitrogen and oxygen atoms in total. The number of methoxy groups -OCH3 is 2. The lowest BCUT2D eigenvalue weighted by atomic mass is 9.88. The summed E-state index contributed by atoms with van der Waals surface area (Å²) in [5, 5.41) is 0. The predicted octanol–water partition coefficient (Wildman–Crippen LogP) is 4.41. The molecule has 3 aromatic rings. The summed E-state index contributed by atoms with van der Waals surface area (Å²) in [6.07, 6.45) is 0.000634. The smallest absolute Gasteiger partial charge is 0.331 e. The minimum Gasteiger partial charge on any atom is -0.469 e. The highest BCUT2D eigenvalue weighted by atomic mass is 16.5. The summed E-state index contributed by atoms with van der Waals surface area (Å²) >= 11 is 0. The molecule has 0 spiro atoms. The lowest BCUT2D eigenvalue weighted by Crippen LogP contribution is -2.31. The van der Waals surface area contributed by atoms with E-state index in [1.165, 1.54) is 14.2 Å². The summed E-state index contributed by atoms with van der Waals surface area (Å²) < 4.78 is 10.0. The molecule has 3 rings (SSSR count). The first-order valence-electron chi connectivity index (χ1n) is 10.0. The molecule has 0 saturated heterocycles. The zero-order valence-corrected chi connectivity index (χ0v) is 17.6. The van der Waals surface area contributed by atoms with E-state index < -0.39 is 23.9 Å². The van der Waals surface area contributed by atoms with Crippen LogP contribution < -0.4 is 0 Å². The van der Waals surface area contributed by atoms with E-state index in [1.807, 2.05) is 91.0 Å². The van der Waals surface area contributed by atoms with Crippen molar-refractivity contribution in [3.63, 3.8) is 0 Å². The van der Waals surface area contributed by atoms with Crippen LogP contribution in [0, 0.1) is 0 Å². The van der Waals surface area contributed by atoms with Crippen molar-refractivity contribution in [2.45, 2.75) is 18.4 Å². The van der Waals surface area contributed by atoms with E-state index in [0.717, 1.165) is 16.7 Å². The number of benzene rings is 3. The second-order valence-corrected chi connectivity index (χ2v) is 6.98. The monoisotopic (exact) mass is 415 g/mol. The summed E-state index contributed by atoms with van der Waals surface area (Å²) in [6, 6.07) is 27.7. The molecule has 0 aliphatic rings. The number of aliphatic imine (C=N–C) groups is 1. The number of rotatable bonds is 8. The van der Waals surface area contributed by atoms with Crippen LogP contribution in [0.15, 0.2) is 96.0 Å². The first-order chi connectivity index (χ1) is 15.1. The zero-order chi connectivity index (χ0) is 22.1. The number of hydrogen-bond acceptors (Lipinski definition) is 5. The molecule has 1 unspecified atom stereocenters. The fourth-order valence-electron chi connectivity index (χ4n) is 3.45. The Labute approximate surface area is 182 Å². The number of carbonyl (C=O) groups is 2. The van der Waals surface area contributed by atoms with Crippen molar-refractivity contribution in [3.05, 3.63) is 108 Å². The molecule has 0 N–H and O–H groups in total. The molecule has 0 aromatic heterocycles. The number of esters is 2. The van der Waals surface area contributed by atoms with Crippen LogP contribution in [0.4, 0.5) is 0 Å². The van der Waals surface area contributed by atoms with Gasteiger partial charge in [0.15, 0.2) is 6.04 Å². The summed E-state index contributed by atoms with van der Waals surface area (Å²) in [4.78, 5) is 30.0. The van der Waals surface area contributed by atoms with Gasteiger partial charge in [-0.3, -0.25) is 9.79 Å². The van der Waals surface area contributed by atoms with Gasteiger partial charge in [0.1, 0.15) is 0 Å². The maximum absolute atomic E-state index is 12.9. The van der Waals surface area contributed by atoms with Gasteiger partial charge in [0.05, 0.1) is 26.4 Å². The maximum Gasteiger partial charge on any atom is 0.331 e. The standard InChI is InChI=1S/C26H25NO4/c1-30-23(28)18-22(19-12-6-3-7-13-19)25(26(29)31-2)27-24(20-14-8-4-9-15-20)21-16-10-5-11-17-21/h3-17,22,25H,18H2,1-2H3/t22?,25-/m0/s1. The Morgan fingerprint density at radius 2 is 1.23 bits per heavy atom. The molecule has 31 heavy (non-hydrogen) atoms. The third-order valence-corrected chi connectivity index (χ3v) is 5.03. The van der Waals surface area contributed by atoms with Crippen molar-refractivity contribution >= 4 is 17.7 Å². The van der Waals surface area contributed by atoms with Gasteiger partial charge in [-0.25, -0.2) is 4.79 Å². The highest BCUT2D eigenvalue weighted by Crippen LogP contribution is 2.28. The number of hydrogen-bond donors (Lipinski definition) is 0. The Balaban J connectivity index is 2.17. The van der Waals surface area contributed by atoms with E-state index >= 15 is 0 Å². The van der Waals surface area contributed by atoms with Crippen molar-refractivity contribution in [1.82, 2.24) is 0 Å². The van der Waals surface area contributed by atoms with Crippen LogP contribution in [0.3, 0.4) is 0 Å². The number of carbonyl (C=O) groups excluding carboxylic acids is 2. The molecule has 0 aliphatic heterocycles. The van der Waals surface area contributed by atoms with Crippen molar-refractivity contribution in [2.24, 2.45) is 4.99 Å². The molecule has 0 fully saturated rings. The third kappa shape index (κ3) is 5.66. The molecule has 2 atom stereocenters. The SMILES string of the molecule is COC(=O)CC(c1ccccc1)[C@H](N=C(c1ccccc1)c1ccccc1)C(=O)OC. The van der Waals surface area contributed by atoms with Crippen LogP contribution in [0.25, 0.3) is 0 Å². The summed E-state index contributed by atoms with van der Waals surface area (Å²) in [6.45, 7) is 0. The van der Waals surface area contributed by atoms with Crippen LogP contribution in [0.1, 0.15) is 29.0 Å². The highest BCUT2D eigenvalue weighted by molar-refractivity contribution is 6.13. The maximum atomic E-state index is 12.9. The van der Waals surface area contributed by atoms with Gasteiger partial charge in [-0.1, -0.05) is 91.0 Å². The van der Waals surface area contributed by atoms with E-state index in [9.17, 15) is 9.59 Å². The average Bonchev–Trinajstić information content (AvgIpc) is 2.84. The summed E-state index contributed by atoms with van der Waals surface area (Å²) in [5.41, 5.74) is 3.20. The molecule has 0 bridgehead atoms. The van der Waals surface area contributed by atoms with Gasteiger partial charge in [0.25, 0.3) is 0 Å². The van der Waals surface area contributed by atoms with Gasteiger partial charge >= 0.3 is 11.9 Å². The molecule has 3 aromatic carbocycles. The molecule has 5 heteroatoms. The van der Waals surface area contributed by atoms with E-state index in [4.69, 9.17) is 14.5 Å². The van der Waals surface area contributed by atoms with Gasteiger partial charge in [-0.05, 0) is 5.56 Å². The Morgan fingerprint density at radius 1 is 0.742 bits per heavy atom. The fourth-order valence-corrected chi connectivity index (χ4v) is 3.45. The minimum atomic E-state index is -0.929. The molecule has 0 heterocycles. The predicted molar refractivity (Wildman–Crippen MR) is 120 cm³/mol. The van der Waals surface area contributed by atoms with Gasteiger partial charge in [0, 0.05) is 17.0 Å². The van der Waals surface area contributed by atoms with Crippen molar-refractivity contribution < 1.29 is 19.1 Å². The molecule has 0 radical (unpaired) electrons. The molecule has 0 saturated carbocycles. The normalized spacial score (nSPS) is 12.3. The zero-order valence-electron chi connectivity index (χ0n) is 17.6. The summed E-state index contributed by atoms with van der Waals surface area (Å²) in [5.74, 6) is -1.47. The Morgan fingerprint density at radius 3 is 1.68 bits per heavy atom. The Bertz CT molecular complexity index is 976. The molecular weight excluding hydrogens is 390 g/mol. The first kappa shape index (κ1) is 22.0. The molecule has 0 amide bonds. The van der Waals surface area contributed by atoms with E-state index in [0.29, 0.717) is 5.71 Å². The largest absolute Gasteiger partial charge is 0.469 e. The Kier molecular flexibility index (Phi) is 7.71. The van der Waals surface area contributed by atoms with Gasteiger partial charge < -0.3 is 9.47 Å². The summed E-state index contributed by atoms with van der Waals surface area (Å²) in [7, 11) is 2.66. The molecule has 0 aliphatic carbocycles. The van der Waals surface area contributed by atoms with Crippen LogP contribution in [0.2, 0.25) is 0 Å². The number of ether oxygens (including phenoxy) is 2. The first-order valence-corrected chi connectivity index (χ1v) is 10.0. The lowest BCUT2D eigenvalue weighted by Gasteiger charge is -2.23. The second-order valence-electron chi connectivity index (χ2n) is 6.98. The molecular formula is C26H25NO4. The Hall–Kier alpha value is -3.73. The van der Waals surface area contributed by atoms with E-state index in [1.54, 1.807) is 0 Å². The van der Waals surface area contributed by atoms with Crippen LogP contribution in [-0.2, 0) is 19.1 Å². The van der Waals surface area contributed by atoms with Crippen LogP contribution >= 0.6 is 0 Å². The number of nitrogens with zero attached hydrogens (tertiary/aromatic N) is 1. The van der Waals surface area contributed by atoms with Crippen molar-refractivity contribution in [3.8, 4) is 0 Å². The van der Waals surface area contributed by atoms with E-state index in [2.05, 4.69) is 0 Å². The van der Waals surface area contributed by atoms with E-state index in [-0.39, 0.29) is 6.42 Å². The van der Waals surface area contributed by atoms with Gasteiger partial charge in [-0.15, -0.1) is 0 Å². The highest BCUT2D eigenvalue weighted by Gasteiger charge is 2.33. The third-order valence-electron chi connectivity index (χ3n) is 5.03. The van der Waals surface area contributed by atoms with Crippen LogP contribution in [0.5, 0.6) is 0 Å². The fraction of sp³-hybridized carbons (Fsp3) is 0.192. The topological polar surface area (TPSA) is 65.0 Å².